The van der Waals surface area contributed by atoms with E-state index in [4.69, 9.17) is 32.4 Å². The van der Waals surface area contributed by atoms with Gasteiger partial charge in [0.1, 0.15) is 5.75 Å². The Kier molecular flexibility index (Phi) is 9.43. The number of halogens is 2. The van der Waals surface area contributed by atoms with Crippen LogP contribution in [0.1, 0.15) is 20.9 Å². The summed E-state index contributed by atoms with van der Waals surface area (Å²) in [6.07, 6.45) is 1.43. The van der Waals surface area contributed by atoms with Gasteiger partial charge in [0.15, 0.2) is 11.5 Å². The van der Waals surface area contributed by atoms with Crippen LogP contribution in [0.3, 0.4) is 0 Å². The zero-order valence-corrected chi connectivity index (χ0v) is 25.4. The van der Waals surface area contributed by atoms with Crippen molar-refractivity contribution in [1.29, 1.82) is 0 Å². The van der Waals surface area contributed by atoms with Gasteiger partial charge in [-0.2, -0.15) is 0 Å². The van der Waals surface area contributed by atoms with Gasteiger partial charge in [-0.05, 0) is 66.7 Å². The van der Waals surface area contributed by atoms with Crippen molar-refractivity contribution in [2.24, 2.45) is 0 Å². The maximum absolute atomic E-state index is 13.1. The predicted molar refractivity (Wildman–Crippen MR) is 164 cm³/mol. The molecule has 0 unspecified atom stereocenters. The average molecular weight is 658 g/mol. The highest BCUT2D eigenvalue weighted by Crippen LogP contribution is 2.35. The monoisotopic (exact) mass is 656 g/mol. The summed E-state index contributed by atoms with van der Waals surface area (Å²) in [6, 6.07) is 19.6. The first kappa shape index (κ1) is 30.9. The van der Waals surface area contributed by atoms with Gasteiger partial charge in [-0.15, -0.1) is 0 Å². The molecule has 1 aromatic heterocycles. The van der Waals surface area contributed by atoms with E-state index >= 15 is 0 Å². The molecule has 0 atom stereocenters. The topological polar surface area (TPSA) is 138 Å². The van der Waals surface area contributed by atoms with Crippen molar-refractivity contribution in [2.75, 3.05) is 37.4 Å². The Bertz CT molecular complexity index is 1770. The Morgan fingerprint density at radius 2 is 1.55 bits per heavy atom. The zero-order chi connectivity index (χ0) is 31.3. The molecule has 44 heavy (non-hydrogen) atoms. The van der Waals surface area contributed by atoms with E-state index in [1.807, 2.05) is 0 Å². The van der Waals surface area contributed by atoms with Crippen molar-refractivity contribution >= 4 is 56.6 Å². The van der Waals surface area contributed by atoms with Crippen molar-refractivity contribution < 1.29 is 32.0 Å². The molecule has 4 aromatic rings. The molecule has 0 saturated carbocycles. The molecule has 1 aliphatic heterocycles. The number of sulfonamides is 1. The van der Waals surface area contributed by atoms with Crippen LogP contribution in [0.2, 0.25) is 10.0 Å². The van der Waals surface area contributed by atoms with Gasteiger partial charge in [-0.3, -0.25) is 19.1 Å². The van der Waals surface area contributed by atoms with Crippen LogP contribution in [-0.4, -0.2) is 68.7 Å². The van der Waals surface area contributed by atoms with E-state index in [1.165, 1.54) is 42.7 Å². The van der Waals surface area contributed by atoms with Crippen LogP contribution in [0.5, 0.6) is 11.5 Å². The van der Waals surface area contributed by atoms with Crippen molar-refractivity contribution in [3.63, 3.8) is 0 Å². The normalized spacial score (nSPS) is 13.3. The molecule has 0 aliphatic carbocycles. The standard InChI is InChI=1S/C30H26Cl2N4O7S/c31-21-9-12-25(23(32)18-21)43-26-5-2-1-4-24(26)34-44(40,41)22-10-7-20(8-11-22)29(38)33-19-28(37)35-13-15-36(16-14-35)30(39)27-6-3-17-42-27/h1-12,17-18,34H,13-16,19H2,(H,33,38). The molecule has 0 radical (unpaired) electrons. The van der Waals surface area contributed by atoms with E-state index in [-0.39, 0.29) is 51.0 Å². The number of hydrogen-bond donors (Lipinski definition) is 2. The smallest absolute Gasteiger partial charge is 0.289 e. The Morgan fingerprint density at radius 3 is 2.23 bits per heavy atom. The second kappa shape index (κ2) is 13.4. The summed E-state index contributed by atoms with van der Waals surface area (Å²) < 4.78 is 39.7. The first-order valence-electron chi connectivity index (χ1n) is 13.3. The van der Waals surface area contributed by atoms with Crippen molar-refractivity contribution in [3.05, 3.63) is 106 Å². The number of hydrogen-bond acceptors (Lipinski definition) is 7. The fourth-order valence-corrected chi connectivity index (χ4v) is 5.91. The van der Waals surface area contributed by atoms with Gasteiger partial charge in [0.25, 0.3) is 21.8 Å². The third-order valence-electron chi connectivity index (χ3n) is 6.72. The Labute approximate surface area is 263 Å². The van der Waals surface area contributed by atoms with Gasteiger partial charge in [0.05, 0.1) is 28.4 Å². The SMILES string of the molecule is O=C(NCC(=O)N1CCN(C(=O)c2ccco2)CC1)c1ccc(S(=O)(=O)Nc2ccccc2Oc2ccc(Cl)cc2Cl)cc1. The van der Waals surface area contributed by atoms with Crippen LogP contribution in [0, 0.1) is 0 Å². The number of para-hydroxylation sites is 2. The molecule has 11 nitrogen and oxygen atoms in total. The number of piperazine rings is 1. The molecule has 0 spiro atoms. The van der Waals surface area contributed by atoms with Gasteiger partial charge in [0, 0.05) is 36.8 Å². The number of nitrogens with zero attached hydrogens (tertiary/aromatic N) is 2. The van der Waals surface area contributed by atoms with Crippen LogP contribution in [0.4, 0.5) is 5.69 Å². The molecule has 2 heterocycles. The second-order valence-corrected chi connectivity index (χ2v) is 12.2. The summed E-state index contributed by atoms with van der Waals surface area (Å²) in [5.41, 5.74) is 0.344. The summed E-state index contributed by atoms with van der Waals surface area (Å²) in [7, 11) is -4.06. The average Bonchev–Trinajstić information content (AvgIpc) is 3.57. The molecule has 3 aromatic carbocycles. The Balaban J connectivity index is 1.15. The molecule has 1 saturated heterocycles. The Morgan fingerprint density at radius 1 is 0.841 bits per heavy atom. The van der Waals surface area contributed by atoms with Crippen molar-refractivity contribution in [1.82, 2.24) is 15.1 Å². The summed E-state index contributed by atoms with van der Waals surface area (Å²) in [6.45, 7) is 1.08. The number of anilines is 1. The third kappa shape index (κ3) is 7.33. The molecular weight excluding hydrogens is 631 g/mol. The van der Waals surface area contributed by atoms with Gasteiger partial charge >= 0.3 is 0 Å². The number of nitrogens with one attached hydrogen (secondary N) is 2. The van der Waals surface area contributed by atoms with Crippen LogP contribution in [-0.2, 0) is 14.8 Å². The van der Waals surface area contributed by atoms with Crippen LogP contribution in [0.25, 0.3) is 0 Å². The molecule has 2 N–H and O–H groups in total. The maximum Gasteiger partial charge on any atom is 0.289 e. The quantitative estimate of drug-likeness (QED) is 0.261. The van der Waals surface area contributed by atoms with E-state index in [1.54, 1.807) is 52.3 Å². The first-order valence-corrected chi connectivity index (χ1v) is 15.6. The molecule has 1 aliphatic rings. The number of ether oxygens (including phenoxy) is 1. The molecule has 5 rings (SSSR count). The second-order valence-electron chi connectivity index (χ2n) is 9.64. The number of carbonyl (C=O) groups is 3. The lowest BCUT2D eigenvalue weighted by atomic mass is 10.2. The molecular formula is C30H26Cl2N4O7S. The molecule has 0 bridgehead atoms. The zero-order valence-electron chi connectivity index (χ0n) is 23.0. The van der Waals surface area contributed by atoms with E-state index in [9.17, 15) is 22.8 Å². The fourth-order valence-electron chi connectivity index (χ4n) is 4.39. The maximum atomic E-state index is 13.1. The minimum absolute atomic E-state index is 0.0913. The van der Waals surface area contributed by atoms with Gasteiger partial charge in [-0.25, -0.2) is 8.42 Å². The van der Waals surface area contributed by atoms with E-state index in [0.29, 0.717) is 37.0 Å². The number of carbonyl (C=O) groups excluding carboxylic acids is 3. The predicted octanol–water partition coefficient (Wildman–Crippen LogP) is 4.89. The van der Waals surface area contributed by atoms with Crippen LogP contribution >= 0.6 is 23.2 Å². The van der Waals surface area contributed by atoms with Crippen molar-refractivity contribution in [3.8, 4) is 11.5 Å². The van der Waals surface area contributed by atoms with E-state index < -0.39 is 15.9 Å². The van der Waals surface area contributed by atoms with Gasteiger partial charge in [-0.1, -0.05) is 35.3 Å². The van der Waals surface area contributed by atoms with Gasteiger partial charge in [0.2, 0.25) is 5.91 Å². The minimum Gasteiger partial charge on any atom is -0.459 e. The number of rotatable bonds is 9. The highest BCUT2D eigenvalue weighted by molar-refractivity contribution is 7.92. The molecule has 14 heteroatoms. The minimum atomic E-state index is -4.06. The Hall–Kier alpha value is -4.52. The summed E-state index contributed by atoms with van der Waals surface area (Å²) in [5, 5.41) is 3.24. The summed E-state index contributed by atoms with van der Waals surface area (Å²) >= 11 is 12.1. The number of benzene rings is 3. The summed E-state index contributed by atoms with van der Waals surface area (Å²) in [4.78, 5) is 40.8. The number of amides is 3. The largest absolute Gasteiger partial charge is 0.459 e. The van der Waals surface area contributed by atoms with E-state index in [0.717, 1.165) is 0 Å². The highest BCUT2D eigenvalue weighted by atomic mass is 35.5. The highest BCUT2D eigenvalue weighted by Gasteiger charge is 2.26. The lowest BCUT2D eigenvalue weighted by Gasteiger charge is -2.34. The molecule has 1 fully saturated rings. The lowest BCUT2D eigenvalue weighted by molar-refractivity contribution is -0.131. The van der Waals surface area contributed by atoms with Crippen LogP contribution in [0.15, 0.2) is 94.4 Å². The molecule has 228 valence electrons. The number of furan rings is 1. The lowest BCUT2D eigenvalue weighted by Crippen LogP contribution is -2.52. The molecule has 3 amide bonds. The van der Waals surface area contributed by atoms with E-state index in [2.05, 4.69) is 10.0 Å². The van der Waals surface area contributed by atoms with Crippen molar-refractivity contribution in [2.45, 2.75) is 4.90 Å². The first-order chi connectivity index (χ1) is 21.1. The van der Waals surface area contributed by atoms with Gasteiger partial charge < -0.3 is 24.3 Å². The summed E-state index contributed by atoms with van der Waals surface area (Å²) in [5.74, 6) is -0.333. The fraction of sp³-hybridized carbons (Fsp3) is 0.167. The third-order valence-corrected chi connectivity index (χ3v) is 8.64. The van der Waals surface area contributed by atoms with Crippen LogP contribution < -0.4 is 14.8 Å².